The van der Waals surface area contributed by atoms with E-state index in [0.29, 0.717) is 24.8 Å². The second-order valence-corrected chi connectivity index (χ2v) is 6.82. The molecule has 4 rings (SSSR count). The maximum absolute atomic E-state index is 12.9. The molecule has 0 unspecified atom stereocenters. The van der Waals surface area contributed by atoms with Gasteiger partial charge in [-0.1, -0.05) is 12.1 Å². The molecule has 136 valence electrons. The van der Waals surface area contributed by atoms with Crippen molar-refractivity contribution in [1.29, 1.82) is 0 Å². The zero-order valence-electron chi connectivity index (χ0n) is 14.9. The summed E-state index contributed by atoms with van der Waals surface area (Å²) in [5.74, 6) is 0.171. The lowest BCUT2D eigenvalue weighted by Gasteiger charge is -2.27. The third-order valence-electron chi connectivity index (χ3n) is 5.15. The quantitative estimate of drug-likeness (QED) is 0.743. The van der Waals surface area contributed by atoms with Gasteiger partial charge in [0, 0.05) is 44.5 Å². The number of aromatic amines is 1. The van der Waals surface area contributed by atoms with Crippen LogP contribution < -0.4 is 10.9 Å². The number of nitrogens with zero attached hydrogens (tertiary/aromatic N) is 3. The fraction of sp³-hybridized carbons (Fsp3) is 0.421. The second-order valence-electron chi connectivity index (χ2n) is 6.82. The van der Waals surface area contributed by atoms with Crippen molar-refractivity contribution in [1.82, 2.24) is 25.0 Å². The molecular formula is C19H23N5O2. The molecule has 0 spiro atoms. The number of H-pyrrole nitrogens is 1. The van der Waals surface area contributed by atoms with Crippen molar-refractivity contribution in [3.63, 3.8) is 0 Å². The van der Waals surface area contributed by atoms with E-state index < -0.39 is 0 Å². The highest BCUT2D eigenvalue weighted by Gasteiger charge is 2.17. The molecule has 26 heavy (non-hydrogen) atoms. The Bertz CT molecular complexity index is 1010. The molecule has 0 bridgehead atoms. The van der Waals surface area contributed by atoms with E-state index in [-0.39, 0.29) is 11.5 Å². The van der Waals surface area contributed by atoms with E-state index in [9.17, 15) is 9.59 Å². The fourth-order valence-electron chi connectivity index (χ4n) is 3.78. The number of hydrogen-bond acceptors (Lipinski definition) is 4. The van der Waals surface area contributed by atoms with E-state index in [1.54, 1.807) is 10.8 Å². The Hall–Kier alpha value is -2.67. The average Bonchev–Trinajstić information content (AvgIpc) is 3.15. The molecule has 1 aliphatic rings. The number of carbonyl (C=O) groups is 1. The van der Waals surface area contributed by atoms with E-state index in [1.807, 2.05) is 30.0 Å². The predicted octanol–water partition coefficient (Wildman–Crippen LogP) is 1.40. The van der Waals surface area contributed by atoms with Gasteiger partial charge in [0.05, 0.1) is 22.6 Å². The molecule has 7 nitrogen and oxygen atoms in total. The zero-order chi connectivity index (χ0) is 18.1. The number of nitrogens with one attached hydrogen (secondary N) is 2. The van der Waals surface area contributed by atoms with Crippen molar-refractivity contribution in [2.45, 2.75) is 26.3 Å². The molecule has 2 N–H and O–H groups in total. The molecule has 1 aliphatic heterocycles. The van der Waals surface area contributed by atoms with Gasteiger partial charge in [-0.2, -0.15) is 5.10 Å². The number of amides is 1. The van der Waals surface area contributed by atoms with Crippen LogP contribution >= 0.6 is 0 Å². The summed E-state index contributed by atoms with van der Waals surface area (Å²) in [6, 6.07) is 5.95. The first-order valence-electron chi connectivity index (χ1n) is 9.10. The number of benzene rings is 1. The Morgan fingerprint density at radius 1 is 1.27 bits per heavy atom. The fourth-order valence-corrected chi connectivity index (χ4v) is 3.78. The van der Waals surface area contributed by atoms with Gasteiger partial charge in [-0.15, -0.1) is 0 Å². The molecule has 1 aromatic carbocycles. The maximum Gasteiger partial charge on any atom is 0.262 e. The highest BCUT2D eigenvalue weighted by atomic mass is 16.2. The predicted molar refractivity (Wildman–Crippen MR) is 101 cm³/mol. The van der Waals surface area contributed by atoms with Gasteiger partial charge in [-0.3, -0.25) is 14.7 Å². The number of aryl methyl sites for hydroxylation is 2. The third kappa shape index (κ3) is 2.88. The van der Waals surface area contributed by atoms with Crippen LogP contribution in [-0.4, -0.2) is 51.8 Å². The van der Waals surface area contributed by atoms with E-state index in [2.05, 4.69) is 15.5 Å². The Labute approximate surface area is 151 Å². The van der Waals surface area contributed by atoms with Crippen LogP contribution in [0.4, 0.5) is 0 Å². The number of pyridine rings is 1. The average molecular weight is 353 g/mol. The van der Waals surface area contributed by atoms with Gasteiger partial charge in [0.25, 0.3) is 5.56 Å². The summed E-state index contributed by atoms with van der Waals surface area (Å²) >= 11 is 0. The SMILES string of the molecule is Cc1cccc2c1c1[nH]ncc1c(=O)n2CCCC(=O)N1CCNCC1. The van der Waals surface area contributed by atoms with Crippen molar-refractivity contribution in [2.75, 3.05) is 26.2 Å². The number of carbonyl (C=O) groups excluding carboxylic acids is 1. The number of aromatic nitrogens is 3. The largest absolute Gasteiger partial charge is 0.340 e. The summed E-state index contributed by atoms with van der Waals surface area (Å²) in [6.45, 7) is 5.80. The maximum atomic E-state index is 12.9. The van der Waals surface area contributed by atoms with E-state index in [1.165, 1.54) is 0 Å². The molecule has 1 saturated heterocycles. The van der Waals surface area contributed by atoms with E-state index >= 15 is 0 Å². The van der Waals surface area contributed by atoms with Crippen molar-refractivity contribution < 1.29 is 4.79 Å². The molecule has 2 aromatic heterocycles. The first-order chi connectivity index (χ1) is 12.7. The van der Waals surface area contributed by atoms with Gasteiger partial charge in [0.1, 0.15) is 0 Å². The molecular weight excluding hydrogens is 330 g/mol. The van der Waals surface area contributed by atoms with Crippen LogP contribution in [0, 0.1) is 6.92 Å². The summed E-state index contributed by atoms with van der Waals surface area (Å²) in [7, 11) is 0. The Balaban J connectivity index is 1.61. The number of fused-ring (bicyclic) bond motifs is 3. The molecule has 0 saturated carbocycles. The lowest BCUT2D eigenvalue weighted by Crippen LogP contribution is -2.46. The molecule has 3 heterocycles. The molecule has 1 amide bonds. The lowest BCUT2D eigenvalue weighted by atomic mass is 10.1. The summed E-state index contributed by atoms with van der Waals surface area (Å²) in [6.07, 6.45) is 2.70. The smallest absolute Gasteiger partial charge is 0.262 e. The van der Waals surface area contributed by atoms with Crippen LogP contribution in [0.2, 0.25) is 0 Å². The molecule has 7 heteroatoms. The third-order valence-corrected chi connectivity index (χ3v) is 5.15. The van der Waals surface area contributed by atoms with Crippen LogP contribution in [0.5, 0.6) is 0 Å². The van der Waals surface area contributed by atoms with Gasteiger partial charge in [-0.05, 0) is 25.0 Å². The standard InChI is InChI=1S/C19H23N5O2/c1-13-4-2-5-15-17(13)18-14(12-21-22-18)19(26)24(15)9-3-6-16(25)23-10-7-20-8-11-23/h2,4-5,12,20H,3,6-11H2,1H3,(H,21,22). The highest BCUT2D eigenvalue weighted by molar-refractivity contribution is 6.04. The topological polar surface area (TPSA) is 83.0 Å². The number of rotatable bonds is 4. The van der Waals surface area contributed by atoms with Crippen LogP contribution in [0.1, 0.15) is 18.4 Å². The Morgan fingerprint density at radius 3 is 2.88 bits per heavy atom. The van der Waals surface area contributed by atoms with Crippen molar-refractivity contribution in [3.05, 3.63) is 40.3 Å². The molecule has 3 aromatic rings. The Morgan fingerprint density at radius 2 is 2.08 bits per heavy atom. The second kappa shape index (κ2) is 6.92. The summed E-state index contributed by atoms with van der Waals surface area (Å²) in [5, 5.41) is 11.9. The van der Waals surface area contributed by atoms with Gasteiger partial charge >= 0.3 is 0 Å². The van der Waals surface area contributed by atoms with Crippen molar-refractivity contribution in [2.24, 2.45) is 0 Å². The van der Waals surface area contributed by atoms with Crippen LogP contribution in [0.25, 0.3) is 21.8 Å². The summed E-state index contributed by atoms with van der Waals surface area (Å²) in [5.41, 5.74) is 2.72. The molecule has 0 atom stereocenters. The minimum absolute atomic E-state index is 0.0542. The minimum Gasteiger partial charge on any atom is -0.340 e. The van der Waals surface area contributed by atoms with E-state index in [0.717, 1.165) is 48.2 Å². The highest BCUT2D eigenvalue weighted by Crippen LogP contribution is 2.24. The van der Waals surface area contributed by atoms with Crippen LogP contribution in [0.15, 0.2) is 29.2 Å². The van der Waals surface area contributed by atoms with Gasteiger partial charge in [0.15, 0.2) is 0 Å². The first-order valence-corrected chi connectivity index (χ1v) is 9.10. The molecule has 0 aliphatic carbocycles. The normalized spacial score (nSPS) is 15.0. The summed E-state index contributed by atoms with van der Waals surface area (Å²) < 4.78 is 1.78. The van der Waals surface area contributed by atoms with Crippen molar-refractivity contribution in [3.8, 4) is 0 Å². The lowest BCUT2D eigenvalue weighted by molar-refractivity contribution is -0.131. The molecule has 0 radical (unpaired) electrons. The van der Waals surface area contributed by atoms with Gasteiger partial charge in [-0.25, -0.2) is 0 Å². The Kier molecular flexibility index (Phi) is 4.46. The van der Waals surface area contributed by atoms with Crippen LogP contribution in [-0.2, 0) is 11.3 Å². The molecule has 1 fully saturated rings. The van der Waals surface area contributed by atoms with Gasteiger partial charge < -0.3 is 14.8 Å². The van der Waals surface area contributed by atoms with Crippen LogP contribution in [0.3, 0.4) is 0 Å². The first kappa shape index (κ1) is 16.8. The monoisotopic (exact) mass is 353 g/mol. The van der Waals surface area contributed by atoms with E-state index in [4.69, 9.17) is 0 Å². The van der Waals surface area contributed by atoms with Gasteiger partial charge in [0.2, 0.25) is 5.91 Å². The minimum atomic E-state index is -0.0542. The summed E-state index contributed by atoms with van der Waals surface area (Å²) in [4.78, 5) is 27.2. The van der Waals surface area contributed by atoms with Crippen molar-refractivity contribution >= 4 is 27.7 Å². The number of hydrogen-bond donors (Lipinski definition) is 2. The number of piperazine rings is 1. The zero-order valence-corrected chi connectivity index (χ0v) is 14.9.